The van der Waals surface area contributed by atoms with Crippen LogP contribution in [-0.4, -0.2) is 11.5 Å². The van der Waals surface area contributed by atoms with Crippen molar-refractivity contribution < 1.29 is 0 Å². The van der Waals surface area contributed by atoms with Crippen LogP contribution in [0.2, 0.25) is 0 Å². The van der Waals surface area contributed by atoms with Crippen LogP contribution >= 0.6 is 23.1 Å². The molecule has 150 valence electrons. The Labute approximate surface area is 189 Å². The van der Waals surface area contributed by atoms with E-state index in [1.54, 1.807) is 11.8 Å². The zero-order chi connectivity index (χ0) is 21.6. The third-order valence-electron chi connectivity index (χ3n) is 4.69. The molecule has 0 saturated heterocycles. The van der Waals surface area contributed by atoms with Gasteiger partial charge in [0.2, 0.25) is 0 Å². The molecule has 0 atom stereocenters. The normalized spacial score (nSPS) is 14.6. The van der Waals surface area contributed by atoms with E-state index in [0.29, 0.717) is 4.66 Å². The molecule has 0 amide bonds. The smallest absolute Gasteiger partial charge is 0.165 e. The van der Waals surface area contributed by atoms with Gasteiger partial charge >= 0.3 is 0 Å². The molecule has 2 aromatic carbocycles. The highest BCUT2D eigenvalue weighted by atomic mass is 32.2. The van der Waals surface area contributed by atoms with Crippen molar-refractivity contribution in [1.29, 1.82) is 10.5 Å². The largest absolute Gasteiger partial charge is 0.335 e. The van der Waals surface area contributed by atoms with Gasteiger partial charge in [0.05, 0.1) is 20.9 Å². The maximum Gasteiger partial charge on any atom is 0.165 e. The quantitative estimate of drug-likeness (QED) is 0.584. The monoisotopic (exact) mass is 438 g/mol. The molecule has 2 heterocycles. The van der Waals surface area contributed by atoms with Gasteiger partial charge in [-0.05, 0) is 31.2 Å². The van der Waals surface area contributed by atoms with Gasteiger partial charge in [-0.2, -0.15) is 10.5 Å². The van der Waals surface area contributed by atoms with Gasteiger partial charge in [-0.15, -0.1) is 11.3 Å². The molecule has 31 heavy (non-hydrogen) atoms. The van der Waals surface area contributed by atoms with E-state index in [1.807, 2.05) is 60.7 Å². The second kappa shape index (κ2) is 9.49. The standard InChI is InChI=1S/C25H18N4S2/c1-2-29-20-12-6-7-13-21(20)30-23(29)15-9-8-14-22-24(18-10-4-3-5-11-18)28-25(31-22)19(16-26)17-27/h3-15H,2H2,1H3/b9-8+,22-14-,23-15-. The first-order valence-corrected chi connectivity index (χ1v) is 11.4. The lowest BCUT2D eigenvalue weighted by atomic mass is 10.1. The van der Waals surface area contributed by atoms with Gasteiger partial charge in [0.1, 0.15) is 16.8 Å². The highest BCUT2D eigenvalue weighted by molar-refractivity contribution is 8.03. The number of anilines is 1. The Balaban J connectivity index is 1.71. The number of nitrogens with zero attached hydrogens (tertiary/aromatic N) is 4. The Bertz CT molecular complexity index is 1350. The molecular weight excluding hydrogens is 420 g/mol. The third kappa shape index (κ3) is 4.32. The van der Waals surface area contributed by atoms with E-state index >= 15 is 0 Å². The van der Waals surface area contributed by atoms with Gasteiger partial charge in [0.25, 0.3) is 0 Å². The molecule has 0 fully saturated rings. The molecule has 0 N–H and O–H groups in total. The number of hydrogen-bond donors (Lipinski definition) is 0. The molecule has 1 aromatic heterocycles. The second-order valence-corrected chi connectivity index (χ2v) is 8.66. The SMILES string of the molecule is CCN1/C(=C/C=C/C=c2\sc(=C(C#N)C#N)nc2-c2ccccc2)Sc2ccccc21. The highest BCUT2D eigenvalue weighted by Gasteiger charge is 2.22. The summed E-state index contributed by atoms with van der Waals surface area (Å²) in [5, 5.41) is 19.6. The summed E-state index contributed by atoms with van der Waals surface area (Å²) in [5.41, 5.74) is 3.01. The lowest BCUT2D eigenvalue weighted by Crippen LogP contribution is -2.16. The Kier molecular flexibility index (Phi) is 6.33. The molecular formula is C25H18N4S2. The number of rotatable bonds is 4. The number of hydrogen-bond acceptors (Lipinski definition) is 6. The summed E-state index contributed by atoms with van der Waals surface area (Å²) in [4.78, 5) is 8.14. The lowest BCUT2D eigenvalue weighted by Gasteiger charge is -2.17. The summed E-state index contributed by atoms with van der Waals surface area (Å²) < 4.78 is 1.36. The van der Waals surface area contributed by atoms with Crippen LogP contribution in [0.5, 0.6) is 0 Å². The molecule has 4 rings (SSSR count). The van der Waals surface area contributed by atoms with Crippen LogP contribution in [0.1, 0.15) is 6.92 Å². The number of thiazole rings is 1. The van der Waals surface area contributed by atoms with Crippen LogP contribution in [0, 0.1) is 22.7 Å². The number of allylic oxidation sites excluding steroid dienone is 3. The number of benzene rings is 2. The summed E-state index contributed by atoms with van der Waals surface area (Å²) in [5.74, 6) is 0. The Morgan fingerprint density at radius 1 is 1.00 bits per heavy atom. The molecule has 4 nitrogen and oxygen atoms in total. The molecule has 0 unspecified atom stereocenters. The first-order valence-electron chi connectivity index (χ1n) is 9.75. The van der Waals surface area contributed by atoms with Crippen molar-refractivity contribution in [3.8, 4) is 23.4 Å². The lowest BCUT2D eigenvalue weighted by molar-refractivity contribution is 1.00. The van der Waals surface area contributed by atoms with E-state index in [2.05, 4.69) is 47.1 Å². The molecule has 0 aliphatic carbocycles. The Hall–Kier alpha value is -3.58. The Morgan fingerprint density at radius 3 is 2.45 bits per heavy atom. The van der Waals surface area contributed by atoms with Gasteiger partial charge in [0, 0.05) is 17.0 Å². The van der Waals surface area contributed by atoms with Gasteiger partial charge in [-0.3, -0.25) is 0 Å². The number of fused-ring (bicyclic) bond motifs is 1. The zero-order valence-electron chi connectivity index (χ0n) is 16.8. The summed E-state index contributed by atoms with van der Waals surface area (Å²) in [7, 11) is 0. The van der Waals surface area contributed by atoms with Gasteiger partial charge in [-0.1, -0.05) is 66.4 Å². The average molecular weight is 439 g/mol. The summed E-state index contributed by atoms with van der Waals surface area (Å²) in [6.07, 6.45) is 8.09. The topological polar surface area (TPSA) is 63.7 Å². The van der Waals surface area contributed by atoms with E-state index in [0.717, 1.165) is 22.3 Å². The number of aromatic nitrogens is 1. The fourth-order valence-electron chi connectivity index (χ4n) is 3.26. The van der Waals surface area contributed by atoms with Crippen LogP contribution in [0.3, 0.4) is 0 Å². The van der Waals surface area contributed by atoms with Crippen LogP contribution in [-0.2, 0) is 0 Å². The van der Waals surface area contributed by atoms with E-state index in [4.69, 9.17) is 0 Å². The third-order valence-corrected chi connectivity index (χ3v) is 6.86. The van der Waals surface area contributed by atoms with Gasteiger partial charge in [-0.25, -0.2) is 4.98 Å². The van der Waals surface area contributed by atoms with Gasteiger partial charge < -0.3 is 4.90 Å². The number of thioether (sulfide) groups is 1. The highest BCUT2D eigenvalue weighted by Crippen LogP contribution is 2.45. The van der Waals surface area contributed by atoms with Crippen molar-refractivity contribution in [3.05, 3.63) is 87.0 Å². The van der Waals surface area contributed by atoms with Crippen molar-refractivity contribution in [1.82, 2.24) is 4.98 Å². The second-order valence-electron chi connectivity index (χ2n) is 6.57. The minimum absolute atomic E-state index is 0.0339. The summed E-state index contributed by atoms with van der Waals surface area (Å²) in [6.45, 7) is 3.06. The molecule has 6 heteroatoms. The van der Waals surface area contributed by atoms with E-state index in [1.165, 1.54) is 26.9 Å². The first kappa shape index (κ1) is 20.7. The molecule has 0 spiro atoms. The van der Waals surface area contributed by atoms with E-state index < -0.39 is 0 Å². The number of para-hydroxylation sites is 1. The first-order chi connectivity index (χ1) is 15.2. The van der Waals surface area contributed by atoms with Crippen molar-refractivity contribution in [2.45, 2.75) is 11.8 Å². The molecule has 1 aliphatic rings. The fraction of sp³-hybridized carbons (Fsp3) is 0.0800. The maximum absolute atomic E-state index is 9.23. The molecule has 0 radical (unpaired) electrons. The predicted molar refractivity (Wildman–Crippen MR) is 128 cm³/mol. The van der Waals surface area contributed by atoms with Crippen molar-refractivity contribution in [2.24, 2.45) is 0 Å². The van der Waals surface area contributed by atoms with Crippen molar-refractivity contribution >= 4 is 40.4 Å². The molecule has 1 aliphatic heterocycles. The molecule has 3 aromatic rings. The van der Waals surface area contributed by atoms with Gasteiger partial charge in [0.15, 0.2) is 5.57 Å². The van der Waals surface area contributed by atoms with Crippen LogP contribution in [0.15, 0.2) is 82.7 Å². The maximum atomic E-state index is 9.23. The zero-order valence-corrected chi connectivity index (χ0v) is 18.5. The Morgan fingerprint density at radius 2 is 1.71 bits per heavy atom. The van der Waals surface area contributed by atoms with Crippen LogP contribution in [0.25, 0.3) is 22.9 Å². The minimum atomic E-state index is 0.0339. The number of nitriles is 2. The fourth-order valence-corrected chi connectivity index (χ4v) is 5.34. The minimum Gasteiger partial charge on any atom is -0.335 e. The summed E-state index contributed by atoms with van der Waals surface area (Å²) in [6, 6.07) is 22.1. The summed E-state index contributed by atoms with van der Waals surface area (Å²) >= 11 is 3.12. The van der Waals surface area contributed by atoms with E-state index in [9.17, 15) is 10.5 Å². The average Bonchev–Trinajstić information content (AvgIpc) is 3.39. The van der Waals surface area contributed by atoms with Crippen molar-refractivity contribution in [2.75, 3.05) is 11.4 Å². The predicted octanol–water partition coefficient (Wildman–Crippen LogP) is 4.82. The van der Waals surface area contributed by atoms with Crippen LogP contribution in [0.4, 0.5) is 5.69 Å². The van der Waals surface area contributed by atoms with E-state index in [-0.39, 0.29) is 5.57 Å². The molecule has 0 saturated carbocycles. The van der Waals surface area contributed by atoms with Crippen LogP contribution < -0.4 is 14.1 Å². The molecule has 0 bridgehead atoms. The van der Waals surface area contributed by atoms with Crippen molar-refractivity contribution in [3.63, 3.8) is 0 Å².